The first-order valence-electron chi connectivity index (χ1n) is 6.90. The highest BCUT2D eigenvalue weighted by molar-refractivity contribution is 6.07. The fourth-order valence-corrected chi connectivity index (χ4v) is 2.53. The molecule has 116 valence electrons. The summed E-state index contributed by atoms with van der Waals surface area (Å²) in [4.78, 5) is 12.2. The Balaban J connectivity index is 2.27. The van der Waals surface area contributed by atoms with Gasteiger partial charge in [0.05, 0.1) is 13.2 Å². The fraction of sp³-hybridized carbons (Fsp3) is 0.846. The molecule has 0 saturated heterocycles. The smallest absolute Gasteiger partial charge is 0.233 e. The van der Waals surface area contributed by atoms with Gasteiger partial charge in [-0.05, 0) is 25.2 Å². The van der Waals surface area contributed by atoms with Crippen LogP contribution in [0.1, 0.15) is 26.2 Å². The number of nitrogens with two attached hydrogens (primary N) is 1. The van der Waals surface area contributed by atoms with Gasteiger partial charge in [0.1, 0.15) is 5.41 Å². The Kier molecular flexibility index (Phi) is 6.74. The molecule has 0 spiro atoms. The van der Waals surface area contributed by atoms with Crippen LogP contribution >= 0.6 is 0 Å². The van der Waals surface area contributed by atoms with Crippen molar-refractivity contribution in [1.29, 1.82) is 0 Å². The lowest BCUT2D eigenvalue weighted by molar-refractivity contribution is -0.133. The Morgan fingerprint density at radius 3 is 2.70 bits per heavy atom. The number of nitrogens with zero attached hydrogens (tertiary/aromatic N) is 1. The lowest BCUT2D eigenvalue weighted by Gasteiger charge is -2.43. The number of amidine groups is 1. The summed E-state index contributed by atoms with van der Waals surface area (Å²) in [5.41, 5.74) is 4.83. The van der Waals surface area contributed by atoms with Crippen molar-refractivity contribution in [2.24, 2.45) is 22.2 Å². The SMILES string of the molecule is COCCOCCCNC(=O)C1(C(N)=NO)CC(C)C1. The minimum absolute atomic E-state index is 0.00412. The van der Waals surface area contributed by atoms with Crippen LogP contribution in [0.25, 0.3) is 0 Å². The summed E-state index contributed by atoms with van der Waals surface area (Å²) in [7, 11) is 1.62. The second kappa shape index (κ2) is 8.06. The van der Waals surface area contributed by atoms with Gasteiger partial charge in [-0.2, -0.15) is 0 Å². The molecule has 0 heterocycles. The molecule has 0 radical (unpaired) electrons. The summed E-state index contributed by atoms with van der Waals surface area (Å²) in [6, 6.07) is 0. The number of oxime groups is 1. The van der Waals surface area contributed by atoms with Crippen molar-refractivity contribution in [3.8, 4) is 0 Å². The number of methoxy groups -OCH3 is 1. The third-order valence-electron chi connectivity index (χ3n) is 3.61. The molecule has 1 rings (SSSR count). The fourth-order valence-electron chi connectivity index (χ4n) is 2.53. The first-order chi connectivity index (χ1) is 9.56. The van der Waals surface area contributed by atoms with Crippen LogP contribution in [0.2, 0.25) is 0 Å². The number of hydrogen-bond donors (Lipinski definition) is 3. The minimum atomic E-state index is -0.828. The molecule has 0 unspecified atom stereocenters. The van der Waals surface area contributed by atoms with E-state index >= 15 is 0 Å². The van der Waals surface area contributed by atoms with Crippen molar-refractivity contribution in [3.05, 3.63) is 0 Å². The second-order valence-electron chi connectivity index (χ2n) is 5.30. The van der Waals surface area contributed by atoms with Crippen LogP contribution in [0.15, 0.2) is 5.16 Å². The highest BCUT2D eigenvalue weighted by Crippen LogP contribution is 2.45. The summed E-state index contributed by atoms with van der Waals surface area (Å²) in [5.74, 6) is 0.255. The maximum Gasteiger partial charge on any atom is 0.233 e. The summed E-state index contributed by atoms with van der Waals surface area (Å²) in [6.45, 7) is 4.24. The quantitative estimate of drug-likeness (QED) is 0.186. The zero-order chi connectivity index (χ0) is 15.0. The van der Waals surface area contributed by atoms with Crippen LogP contribution in [-0.2, 0) is 14.3 Å². The zero-order valence-corrected chi connectivity index (χ0v) is 12.2. The largest absolute Gasteiger partial charge is 0.409 e. The van der Waals surface area contributed by atoms with E-state index in [1.165, 1.54) is 0 Å². The van der Waals surface area contributed by atoms with Crippen LogP contribution in [0.3, 0.4) is 0 Å². The Hall–Kier alpha value is -1.34. The van der Waals surface area contributed by atoms with Crippen molar-refractivity contribution < 1.29 is 19.5 Å². The predicted molar refractivity (Wildman–Crippen MR) is 74.6 cm³/mol. The van der Waals surface area contributed by atoms with Crippen molar-refractivity contribution >= 4 is 11.7 Å². The third-order valence-corrected chi connectivity index (χ3v) is 3.61. The van der Waals surface area contributed by atoms with Gasteiger partial charge < -0.3 is 25.7 Å². The van der Waals surface area contributed by atoms with E-state index in [9.17, 15) is 4.79 Å². The summed E-state index contributed by atoms with van der Waals surface area (Å²) >= 11 is 0. The number of hydrogen-bond acceptors (Lipinski definition) is 5. The Labute approximate surface area is 119 Å². The standard InChI is InChI=1S/C13H25N3O4/c1-10-8-13(9-10,11(14)16-18)12(17)15-4-3-5-20-7-6-19-2/h10,18H,3-9H2,1-2H3,(H2,14,16)(H,15,17). The first-order valence-corrected chi connectivity index (χ1v) is 6.90. The Bertz CT molecular complexity index is 341. The van der Waals surface area contributed by atoms with Crippen molar-refractivity contribution in [2.45, 2.75) is 26.2 Å². The molecule has 0 atom stereocenters. The van der Waals surface area contributed by atoms with Gasteiger partial charge in [0.25, 0.3) is 0 Å². The molecule has 0 aromatic rings. The molecule has 4 N–H and O–H groups in total. The van der Waals surface area contributed by atoms with E-state index in [-0.39, 0.29) is 11.7 Å². The number of carbonyl (C=O) groups excluding carboxylic acids is 1. The predicted octanol–water partition coefficient (Wildman–Crippen LogP) is 0.318. The number of amides is 1. The number of carbonyl (C=O) groups is 1. The Morgan fingerprint density at radius 2 is 2.15 bits per heavy atom. The van der Waals surface area contributed by atoms with Gasteiger partial charge in [0.15, 0.2) is 5.84 Å². The Morgan fingerprint density at radius 1 is 1.45 bits per heavy atom. The molecule has 0 aliphatic heterocycles. The highest BCUT2D eigenvalue weighted by atomic mass is 16.5. The number of rotatable bonds is 9. The first kappa shape index (κ1) is 16.7. The van der Waals surface area contributed by atoms with Crippen LogP contribution in [0.5, 0.6) is 0 Å². The summed E-state index contributed by atoms with van der Waals surface area (Å²) in [6.07, 6.45) is 1.97. The average molecular weight is 287 g/mol. The van der Waals surface area contributed by atoms with Crippen molar-refractivity contribution in [2.75, 3.05) is 33.5 Å². The molecule has 7 heteroatoms. The van der Waals surface area contributed by atoms with E-state index in [0.717, 1.165) is 6.42 Å². The van der Waals surface area contributed by atoms with Gasteiger partial charge in [0, 0.05) is 20.3 Å². The molecule has 1 fully saturated rings. The van der Waals surface area contributed by atoms with Gasteiger partial charge in [-0.15, -0.1) is 0 Å². The molecule has 0 aromatic heterocycles. The third kappa shape index (κ3) is 4.08. The lowest BCUT2D eigenvalue weighted by atomic mass is 9.61. The number of nitrogens with one attached hydrogen (secondary N) is 1. The molecule has 1 amide bonds. The van der Waals surface area contributed by atoms with Crippen molar-refractivity contribution in [1.82, 2.24) is 5.32 Å². The van der Waals surface area contributed by atoms with E-state index in [1.807, 2.05) is 6.92 Å². The normalized spacial score (nSPS) is 26.1. The van der Waals surface area contributed by atoms with E-state index in [2.05, 4.69) is 10.5 Å². The van der Waals surface area contributed by atoms with E-state index < -0.39 is 5.41 Å². The molecular formula is C13H25N3O4. The van der Waals surface area contributed by atoms with E-state index in [0.29, 0.717) is 45.1 Å². The van der Waals surface area contributed by atoms with Gasteiger partial charge in [0.2, 0.25) is 5.91 Å². The average Bonchev–Trinajstić information content (AvgIpc) is 2.41. The highest BCUT2D eigenvalue weighted by Gasteiger charge is 2.51. The van der Waals surface area contributed by atoms with E-state index in [1.54, 1.807) is 7.11 Å². The van der Waals surface area contributed by atoms with Crippen LogP contribution in [-0.4, -0.2) is 50.4 Å². The molecule has 1 saturated carbocycles. The minimum Gasteiger partial charge on any atom is -0.409 e. The van der Waals surface area contributed by atoms with Crippen molar-refractivity contribution in [3.63, 3.8) is 0 Å². The molecule has 0 bridgehead atoms. The maximum absolute atomic E-state index is 12.2. The van der Waals surface area contributed by atoms with Crippen LogP contribution in [0.4, 0.5) is 0 Å². The van der Waals surface area contributed by atoms with E-state index in [4.69, 9.17) is 20.4 Å². The molecule has 20 heavy (non-hydrogen) atoms. The maximum atomic E-state index is 12.2. The zero-order valence-electron chi connectivity index (χ0n) is 12.2. The van der Waals surface area contributed by atoms with Crippen LogP contribution < -0.4 is 11.1 Å². The topological polar surface area (TPSA) is 106 Å². The van der Waals surface area contributed by atoms with Gasteiger partial charge >= 0.3 is 0 Å². The molecule has 0 aromatic carbocycles. The molecular weight excluding hydrogens is 262 g/mol. The molecule has 7 nitrogen and oxygen atoms in total. The van der Waals surface area contributed by atoms with Gasteiger partial charge in [-0.25, -0.2) is 0 Å². The van der Waals surface area contributed by atoms with Gasteiger partial charge in [-0.1, -0.05) is 12.1 Å². The molecule has 1 aliphatic carbocycles. The van der Waals surface area contributed by atoms with Gasteiger partial charge in [-0.3, -0.25) is 4.79 Å². The summed E-state index contributed by atoms with van der Waals surface area (Å²) in [5, 5.41) is 14.7. The molecule has 1 aliphatic rings. The lowest BCUT2D eigenvalue weighted by Crippen LogP contribution is -2.56. The summed E-state index contributed by atoms with van der Waals surface area (Å²) < 4.78 is 10.2. The monoisotopic (exact) mass is 287 g/mol. The van der Waals surface area contributed by atoms with Crippen LogP contribution in [0, 0.1) is 11.3 Å². The second-order valence-corrected chi connectivity index (χ2v) is 5.30. The number of ether oxygens (including phenoxy) is 2.